The first-order valence-corrected chi connectivity index (χ1v) is 9.18. The Morgan fingerprint density at radius 1 is 0.520 bits per heavy atom. The topological polar surface area (TPSA) is 0 Å². The molecule has 0 heterocycles. The lowest BCUT2D eigenvalue weighted by Crippen LogP contribution is -2.01. The smallest absolute Gasteiger partial charge is 0.0181 e. The molecule has 0 nitrogen and oxygen atoms in total. The Bertz CT molecular complexity index is 929. The molecule has 0 aliphatic rings. The van der Waals surface area contributed by atoms with E-state index < -0.39 is 0 Å². The van der Waals surface area contributed by atoms with Gasteiger partial charge >= 0.3 is 0 Å². The first-order valence-electron chi connectivity index (χ1n) is 9.18. The average Bonchev–Trinajstić information content (AvgIpc) is 2.67. The van der Waals surface area contributed by atoms with Crippen LogP contribution in [0.1, 0.15) is 43.2 Å². The molecule has 0 N–H and O–H groups in total. The normalized spacial score (nSPS) is 13.8. The van der Waals surface area contributed by atoms with Crippen molar-refractivity contribution in [2.75, 3.05) is 0 Å². The minimum Gasteiger partial charge on any atom is -0.0616 e. The maximum Gasteiger partial charge on any atom is -0.0181 e. The second-order valence-electron chi connectivity index (χ2n) is 7.25. The van der Waals surface area contributed by atoms with Gasteiger partial charge in [0.25, 0.3) is 0 Å². The Labute approximate surface area is 150 Å². The molecule has 0 heteroatoms. The van der Waals surface area contributed by atoms with E-state index in [0.29, 0.717) is 11.8 Å². The highest BCUT2D eigenvalue weighted by molar-refractivity contribution is 5.84. The van der Waals surface area contributed by atoms with Gasteiger partial charge in [0.1, 0.15) is 0 Å². The fourth-order valence-corrected chi connectivity index (χ4v) is 3.83. The van der Waals surface area contributed by atoms with Crippen molar-refractivity contribution in [3.05, 3.63) is 96.1 Å². The molecular weight excluding hydrogens is 300 g/mol. The quantitative estimate of drug-likeness (QED) is 0.370. The molecule has 0 saturated heterocycles. The van der Waals surface area contributed by atoms with E-state index in [9.17, 15) is 0 Å². The average molecular weight is 324 g/mol. The maximum absolute atomic E-state index is 2.35. The van der Waals surface area contributed by atoms with Gasteiger partial charge in [0, 0.05) is 0 Å². The second-order valence-corrected chi connectivity index (χ2v) is 7.25. The number of rotatable bonds is 4. The summed E-state index contributed by atoms with van der Waals surface area (Å²) in [4.78, 5) is 0. The standard InChI is InChI=1S/C25H24/c1-18(22-13-11-20-7-3-5-9-24(20)16-22)15-19(2)23-14-12-21-8-4-6-10-25(21)17-23/h3-14,16-19H,15H2,1-2H3. The van der Waals surface area contributed by atoms with E-state index in [0.717, 1.165) is 6.42 Å². The van der Waals surface area contributed by atoms with Crippen LogP contribution >= 0.6 is 0 Å². The first-order chi connectivity index (χ1) is 12.2. The molecule has 2 unspecified atom stereocenters. The van der Waals surface area contributed by atoms with Crippen molar-refractivity contribution in [3.63, 3.8) is 0 Å². The van der Waals surface area contributed by atoms with Gasteiger partial charge in [-0.2, -0.15) is 0 Å². The van der Waals surface area contributed by atoms with Gasteiger partial charge in [-0.25, -0.2) is 0 Å². The van der Waals surface area contributed by atoms with E-state index in [4.69, 9.17) is 0 Å². The summed E-state index contributed by atoms with van der Waals surface area (Å²) in [5.41, 5.74) is 2.87. The molecule has 0 radical (unpaired) electrons. The van der Waals surface area contributed by atoms with Crippen LogP contribution in [0.5, 0.6) is 0 Å². The van der Waals surface area contributed by atoms with E-state index in [1.165, 1.54) is 32.7 Å². The van der Waals surface area contributed by atoms with E-state index in [-0.39, 0.29) is 0 Å². The van der Waals surface area contributed by atoms with Crippen molar-refractivity contribution in [2.45, 2.75) is 32.1 Å². The molecule has 4 aromatic rings. The van der Waals surface area contributed by atoms with Gasteiger partial charge in [-0.15, -0.1) is 0 Å². The Morgan fingerprint density at radius 2 is 0.920 bits per heavy atom. The highest BCUT2D eigenvalue weighted by atomic mass is 14.2. The monoisotopic (exact) mass is 324 g/mol. The van der Waals surface area contributed by atoms with Gasteiger partial charge in [-0.05, 0) is 50.9 Å². The molecule has 0 fully saturated rings. The predicted molar refractivity (Wildman–Crippen MR) is 109 cm³/mol. The number of hydrogen-bond donors (Lipinski definition) is 0. The molecule has 4 aromatic carbocycles. The second kappa shape index (κ2) is 6.72. The Hall–Kier alpha value is -2.60. The summed E-state index contributed by atoms with van der Waals surface area (Å²) < 4.78 is 0. The summed E-state index contributed by atoms with van der Waals surface area (Å²) in [6.07, 6.45) is 1.16. The molecule has 0 aliphatic carbocycles. The zero-order valence-electron chi connectivity index (χ0n) is 14.9. The van der Waals surface area contributed by atoms with Crippen LogP contribution in [0.3, 0.4) is 0 Å². The lowest BCUT2D eigenvalue weighted by molar-refractivity contribution is 0.594. The molecule has 2 atom stereocenters. The van der Waals surface area contributed by atoms with Crippen molar-refractivity contribution in [1.29, 1.82) is 0 Å². The molecule has 0 amide bonds. The zero-order chi connectivity index (χ0) is 17.2. The van der Waals surface area contributed by atoms with Crippen LogP contribution in [0.2, 0.25) is 0 Å². The van der Waals surface area contributed by atoms with E-state index in [1.807, 2.05) is 0 Å². The minimum atomic E-state index is 0.547. The van der Waals surface area contributed by atoms with Crippen molar-refractivity contribution in [2.24, 2.45) is 0 Å². The van der Waals surface area contributed by atoms with Gasteiger partial charge in [0.05, 0.1) is 0 Å². The highest BCUT2D eigenvalue weighted by Crippen LogP contribution is 2.32. The third kappa shape index (κ3) is 3.30. The molecular formula is C25H24. The molecule has 25 heavy (non-hydrogen) atoms. The summed E-state index contributed by atoms with van der Waals surface area (Å²) >= 11 is 0. The first kappa shape index (κ1) is 15.9. The van der Waals surface area contributed by atoms with Gasteiger partial charge in [-0.3, -0.25) is 0 Å². The number of fused-ring (bicyclic) bond motifs is 2. The van der Waals surface area contributed by atoms with Crippen LogP contribution in [0.4, 0.5) is 0 Å². The zero-order valence-corrected chi connectivity index (χ0v) is 14.9. The van der Waals surface area contributed by atoms with Crippen LogP contribution in [-0.2, 0) is 0 Å². The Balaban J connectivity index is 1.56. The van der Waals surface area contributed by atoms with Crippen LogP contribution in [-0.4, -0.2) is 0 Å². The molecule has 0 bridgehead atoms. The molecule has 0 spiro atoms. The van der Waals surface area contributed by atoms with Crippen molar-refractivity contribution in [1.82, 2.24) is 0 Å². The lowest BCUT2D eigenvalue weighted by atomic mass is 9.86. The lowest BCUT2D eigenvalue weighted by Gasteiger charge is -2.19. The largest absolute Gasteiger partial charge is 0.0616 e. The van der Waals surface area contributed by atoms with Crippen LogP contribution < -0.4 is 0 Å². The highest BCUT2D eigenvalue weighted by Gasteiger charge is 2.13. The van der Waals surface area contributed by atoms with Crippen LogP contribution in [0.15, 0.2) is 84.9 Å². The fourth-order valence-electron chi connectivity index (χ4n) is 3.83. The molecule has 0 aliphatic heterocycles. The number of benzene rings is 4. The molecule has 124 valence electrons. The summed E-state index contributed by atoms with van der Waals surface area (Å²) in [6.45, 7) is 4.70. The third-order valence-corrected chi connectivity index (χ3v) is 5.39. The third-order valence-electron chi connectivity index (χ3n) is 5.39. The maximum atomic E-state index is 2.35. The van der Waals surface area contributed by atoms with E-state index in [2.05, 4.69) is 98.8 Å². The predicted octanol–water partition coefficient (Wildman–Crippen LogP) is 7.29. The van der Waals surface area contributed by atoms with Crippen molar-refractivity contribution >= 4 is 21.5 Å². The van der Waals surface area contributed by atoms with Crippen LogP contribution in [0.25, 0.3) is 21.5 Å². The summed E-state index contributed by atoms with van der Waals surface area (Å²) in [7, 11) is 0. The van der Waals surface area contributed by atoms with Crippen molar-refractivity contribution < 1.29 is 0 Å². The van der Waals surface area contributed by atoms with E-state index in [1.54, 1.807) is 0 Å². The van der Waals surface area contributed by atoms with Gasteiger partial charge < -0.3 is 0 Å². The molecule has 0 saturated carbocycles. The van der Waals surface area contributed by atoms with Crippen LogP contribution in [0, 0.1) is 0 Å². The minimum absolute atomic E-state index is 0.547. The van der Waals surface area contributed by atoms with Gasteiger partial charge in [-0.1, -0.05) is 98.8 Å². The summed E-state index contributed by atoms with van der Waals surface area (Å²) in [5.74, 6) is 1.09. The molecule has 4 rings (SSSR count). The summed E-state index contributed by atoms with van der Waals surface area (Å²) in [6, 6.07) is 31.0. The SMILES string of the molecule is CC(CC(C)c1ccc2ccccc2c1)c1ccc2ccccc2c1. The Kier molecular flexibility index (Phi) is 4.28. The summed E-state index contributed by atoms with van der Waals surface area (Å²) in [5, 5.41) is 5.32. The van der Waals surface area contributed by atoms with E-state index >= 15 is 0 Å². The number of hydrogen-bond acceptors (Lipinski definition) is 0. The Morgan fingerprint density at radius 3 is 1.36 bits per heavy atom. The fraction of sp³-hybridized carbons (Fsp3) is 0.200. The van der Waals surface area contributed by atoms with Crippen molar-refractivity contribution in [3.8, 4) is 0 Å². The molecule has 0 aromatic heterocycles. The van der Waals surface area contributed by atoms with Gasteiger partial charge in [0.2, 0.25) is 0 Å². The van der Waals surface area contributed by atoms with Gasteiger partial charge in [0.15, 0.2) is 0 Å².